The van der Waals surface area contributed by atoms with E-state index in [0.29, 0.717) is 12.0 Å². The maximum atomic E-state index is 13.6. The average molecular weight is 389 g/mol. The number of hydrogen-bond donors (Lipinski definition) is 0. The summed E-state index contributed by atoms with van der Waals surface area (Å²) in [5.74, 6) is -0.704. The van der Waals surface area contributed by atoms with Crippen LogP contribution in [0.4, 0.5) is 4.39 Å². The van der Waals surface area contributed by atoms with Crippen molar-refractivity contribution < 1.29 is 18.7 Å². The molecule has 2 rings (SSSR count). The van der Waals surface area contributed by atoms with Crippen LogP contribution in [0.25, 0.3) is 6.08 Å². The van der Waals surface area contributed by atoms with Crippen molar-refractivity contribution in [3.63, 3.8) is 0 Å². The van der Waals surface area contributed by atoms with Crippen LogP contribution >= 0.6 is 11.6 Å². The van der Waals surface area contributed by atoms with Crippen molar-refractivity contribution in [2.75, 3.05) is 7.11 Å². The van der Waals surface area contributed by atoms with Crippen molar-refractivity contribution in [3.05, 3.63) is 76.1 Å². The van der Waals surface area contributed by atoms with E-state index in [4.69, 9.17) is 11.6 Å². The molecular weight excluding hydrogens is 367 g/mol. The number of carbonyl (C=O) groups is 2. The average Bonchev–Trinajstić information content (AvgIpc) is 2.61. The van der Waals surface area contributed by atoms with Crippen LogP contribution in [0, 0.1) is 17.7 Å². The van der Waals surface area contributed by atoms with Crippen molar-refractivity contribution in [1.29, 1.82) is 0 Å². The zero-order valence-electron chi connectivity index (χ0n) is 15.5. The standard InChI is InChI=1S/C22H22ClFO3/c1-14(10-22(26)27-3)4-8-19-15(2)11-18(25)13-17(19)7-5-16-6-9-20(23)21(24)12-16/h4-10,12-13,15,19H,11H2,1-3H3/b7-5+,8-4+,14-10-. The van der Waals surface area contributed by atoms with Gasteiger partial charge in [0, 0.05) is 18.4 Å². The molecule has 1 aliphatic carbocycles. The molecule has 5 heteroatoms. The minimum absolute atomic E-state index is 0.0112. The Kier molecular flexibility index (Phi) is 7.31. The number of rotatable bonds is 5. The Morgan fingerprint density at radius 1 is 1.33 bits per heavy atom. The molecular formula is C22H22ClFO3. The van der Waals surface area contributed by atoms with Gasteiger partial charge >= 0.3 is 5.97 Å². The summed E-state index contributed by atoms with van der Waals surface area (Å²) >= 11 is 5.71. The van der Waals surface area contributed by atoms with Gasteiger partial charge < -0.3 is 4.74 Å². The van der Waals surface area contributed by atoms with Gasteiger partial charge in [0.25, 0.3) is 0 Å². The molecule has 0 aromatic heterocycles. The highest BCUT2D eigenvalue weighted by molar-refractivity contribution is 6.30. The maximum absolute atomic E-state index is 13.6. The lowest BCUT2D eigenvalue weighted by Crippen LogP contribution is -2.20. The number of allylic oxidation sites excluding steroid dienone is 6. The van der Waals surface area contributed by atoms with Crippen LogP contribution in [-0.2, 0) is 14.3 Å². The van der Waals surface area contributed by atoms with E-state index in [9.17, 15) is 14.0 Å². The molecule has 0 bridgehead atoms. The van der Waals surface area contributed by atoms with E-state index < -0.39 is 11.8 Å². The predicted octanol–water partition coefficient (Wildman–Crippen LogP) is 5.32. The van der Waals surface area contributed by atoms with Gasteiger partial charge in [0.05, 0.1) is 12.1 Å². The van der Waals surface area contributed by atoms with Crippen LogP contribution in [0.3, 0.4) is 0 Å². The molecule has 0 N–H and O–H groups in total. The normalized spacial score (nSPS) is 21.0. The summed E-state index contributed by atoms with van der Waals surface area (Å²) in [5.41, 5.74) is 2.26. The Balaban J connectivity index is 2.26. The summed E-state index contributed by atoms with van der Waals surface area (Å²) in [6, 6.07) is 4.56. The molecule has 142 valence electrons. The second-order valence-electron chi connectivity index (χ2n) is 6.60. The van der Waals surface area contributed by atoms with Crippen molar-refractivity contribution in [2.24, 2.45) is 11.8 Å². The second-order valence-corrected chi connectivity index (χ2v) is 7.00. The number of halogens is 2. The van der Waals surface area contributed by atoms with Gasteiger partial charge in [0.1, 0.15) is 5.82 Å². The summed E-state index contributed by atoms with van der Waals surface area (Å²) in [6.07, 6.45) is 10.9. The zero-order chi connectivity index (χ0) is 20.0. The van der Waals surface area contributed by atoms with E-state index >= 15 is 0 Å². The third-order valence-corrected chi connectivity index (χ3v) is 4.68. The van der Waals surface area contributed by atoms with Gasteiger partial charge in [-0.1, -0.05) is 48.9 Å². The Bertz CT molecular complexity index is 849. The molecule has 0 aliphatic heterocycles. The van der Waals surface area contributed by atoms with Crippen LogP contribution < -0.4 is 0 Å². The van der Waals surface area contributed by atoms with Gasteiger partial charge in [-0.2, -0.15) is 0 Å². The van der Waals surface area contributed by atoms with E-state index in [1.807, 2.05) is 32.1 Å². The molecule has 0 saturated heterocycles. The van der Waals surface area contributed by atoms with Crippen molar-refractivity contribution >= 4 is 29.4 Å². The largest absolute Gasteiger partial charge is 0.466 e. The zero-order valence-corrected chi connectivity index (χ0v) is 16.3. The molecule has 0 fully saturated rings. The third kappa shape index (κ3) is 6.04. The summed E-state index contributed by atoms with van der Waals surface area (Å²) in [5, 5.41) is 0.0708. The number of ether oxygens (including phenoxy) is 1. The molecule has 1 aliphatic rings. The van der Waals surface area contributed by atoms with Gasteiger partial charge in [-0.3, -0.25) is 4.79 Å². The van der Waals surface area contributed by atoms with Gasteiger partial charge in [-0.05, 0) is 47.8 Å². The summed E-state index contributed by atoms with van der Waals surface area (Å²) in [4.78, 5) is 23.3. The molecule has 1 aromatic rings. The molecule has 27 heavy (non-hydrogen) atoms. The molecule has 1 aromatic carbocycles. The number of carbonyl (C=O) groups excluding carboxylic acids is 2. The molecule has 0 amide bonds. The number of methoxy groups -OCH3 is 1. The first-order valence-electron chi connectivity index (χ1n) is 8.62. The lowest BCUT2D eigenvalue weighted by atomic mass is 9.78. The SMILES string of the molecule is COC(=O)/C=C(C)\C=C\C1C(/C=C/c2ccc(Cl)c(F)c2)=CC(=O)CC1C. The first-order valence-corrected chi connectivity index (χ1v) is 9.00. The lowest BCUT2D eigenvalue weighted by Gasteiger charge is -2.25. The quantitative estimate of drug-likeness (QED) is 0.389. The third-order valence-electron chi connectivity index (χ3n) is 4.37. The number of ketones is 1. The molecule has 0 spiro atoms. The van der Waals surface area contributed by atoms with E-state index in [1.54, 1.807) is 18.2 Å². The number of esters is 1. The molecule has 2 atom stereocenters. The van der Waals surface area contributed by atoms with Crippen LogP contribution in [0.5, 0.6) is 0 Å². The Morgan fingerprint density at radius 2 is 2.07 bits per heavy atom. The highest BCUT2D eigenvalue weighted by atomic mass is 35.5. The molecule has 2 unspecified atom stereocenters. The van der Waals surface area contributed by atoms with E-state index in [0.717, 1.165) is 11.1 Å². The van der Waals surface area contributed by atoms with Gasteiger partial charge in [0.2, 0.25) is 0 Å². The Labute approximate surface area is 163 Å². The summed E-state index contributed by atoms with van der Waals surface area (Å²) < 4.78 is 18.2. The van der Waals surface area contributed by atoms with E-state index in [-0.39, 0.29) is 22.6 Å². The Morgan fingerprint density at radius 3 is 2.74 bits per heavy atom. The topological polar surface area (TPSA) is 43.4 Å². The van der Waals surface area contributed by atoms with Gasteiger partial charge in [-0.15, -0.1) is 0 Å². The predicted molar refractivity (Wildman–Crippen MR) is 106 cm³/mol. The minimum Gasteiger partial charge on any atom is -0.466 e. The minimum atomic E-state index is -0.485. The van der Waals surface area contributed by atoms with E-state index in [2.05, 4.69) is 4.74 Å². The van der Waals surface area contributed by atoms with Crippen LogP contribution in [0.2, 0.25) is 5.02 Å². The van der Waals surface area contributed by atoms with Crippen molar-refractivity contribution in [3.8, 4) is 0 Å². The number of hydrogen-bond acceptors (Lipinski definition) is 3. The van der Waals surface area contributed by atoms with Crippen LogP contribution in [0.1, 0.15) is 25.8 Å². The lowest BCUT2D eigenvalue weighted by molar-refractivity contribution is -0.134. The first-order chi connectivity index (χ1) is 12.8. The van der Waals surface area contributed by atoms with Crippen molar-refractivity contribution in [1.82, 2.24) is 0 Å². The fourth-order valence-corrected chi connectivity index (χ4v) is 3.05. The second kappa shape index (κ2) is 9.47. The highest BCUT2D eigenvalue weighted by Crippen LogP contribution is 2.31. The van der Waals surface area contributed by atoms with E-state index in [1.165, 1.54) is 25.3 Å². The molecule has 0 heterocycles. The molecule has 0 radical (unpaired) electrons. The fraction of sp³-hybridized carbons (Fsp3) is 0.273. The van der Waals surface area contributed by atoms with Crippen LogP contribution in [0.15, 0.2) is 59.7 Å². The van der Waals surface area contributed by atoms with Crippen molar-refractivity contribution in [2.45, 2.75) is 20.3 Å². The van der Waals surface area contributed by atoms with Gasteiger partial charge in [0.15, 0.2) is 5.78 Å². The molecule has 3 nitrogen and oxygen atoms in total. The maximum Gasteiger partial charge on any atom is 0.330 e. The fourth-order valence-electron chi connectivity index (χ4n) is 2.93. The Hall–Kier alpha value is -2.46. The van der Waals surface area contributed by atoms with Crippen LogP contribution in [-0.4, -0.2) is 18.9 Å². The highest BCUT2D eigenvalue weighted by Gasteiger charge is 2.25. The number of benzene rings is 1. The summed E-state index contributed by atoms with van der Waals surface area (Å²) in [6.45, 7) is 3.82. The molecule has 0 saturated carbocycles. The smallest absolute Gasteiger partial charge is 0.330 e. The monoisotopic (exact) mass is 388 g/mol. The van der Waals surface area contributed by atoms with Gasteiger partial charge in [-0.25, -0.2) is 9.18 Å². The first kappa shape index (κ1) is 20.8. The summed E-state index contributed by atoms with van der Waals surface area (Å²) in [7, 11) is 1.33.